The largest absolute Gasteiger partial charge is 0.308 e. The topological polar surface area (TPSA) is 104 Å². The molecule has 0 aliphatic heterocycles. The summed E-state index contributed by atoms with van der Waals surface area (Å²) in [6.07, 6.45) is 4.45. The Labute approximate surface area is 168 Å². The van der Waals surface area contributed by atoms with Gasteiger partial charge in [0.05, 0.1) is 10.8 Å². The number of H-pyrrole nitrogens is 1. The van der Waals surface area contributed by atoms with Crippen molar-refractivity contribution in [1.82, 2.24) is 10.2 Å². The number of aromatic amines is 1. The first-order valence-corrected chi connectivity index (χ1v) is 11.5. The molecule has 3 aromatic rings. The van der Waals surface area contributed by atoms with E-state index >= 15 is 0 Å². The Morgan fingerprint density at radius 3 is 2.55 bits per heavy atom. The molecule has 3 N–H and O–H groups in total. The monoisotopic (exact) mass is 410 g/mol. The second kappa shape index (κ2) is 6.88. The lowest BCUT2D eigenvalue weighted by molar-refractivity contribution is -0.122. The van der Waals surface area contributed by atoms with Gasteiger partial charge in [-0.25, -0.2) is 8.42 Å². The van der Waals surface area contributed by atoms with E-state index in [-0.39, 0.29) is 17.1 Å². The predicted molar refractivity (Wildman–Crippen MR) is 113 cm³/mol. The first-order valence-electron chi connectivity index (χ1n) is 9.91. The van der Waals surface area contributed by atoms with Crippen molar-refractivity contribution in [2.75, 3.05) is 10.0 Å². The van der Waals surface area contributed by atoms with E-state index in [1.165, 1.54) is 0 Å². The highest BCUT2D eigenvalue weighted by atomic mass is 32.2. The van der Waals surface area contributed by atoms with E-state index in [9.17, 15) is 13.2 Å². The molecule has 0 spiro atoms. The molecule has 0 saturated heterocycles. The molecular formula is C21H22N4O3S. The zero-order chi connectivity index (χ0) is 20.0. The van der Waals surface area contributed by atoms with Crippen molar-refractivity contribution in [2.45, 2.75) is 37.4 Å². The van der Waals surface area contributed by atoms with Crippen LogP contribution in [0.5, 0.6) is 0 Å². The molecular weight excluding hydrogens is 388 g/mol. The number of nitrogens with zero attached hydrogens (tertiary/aromatic N) is 1. The van der Waals surface area contributed by atoms with Crippen molar-refractivity contribution in [3.63, 3.8) is 0 Å². The lowest BCUT2D eigenvalue weighted by Gasteiger charge is -2.23. The van der Waals surface area contributed by atoms with Crippen molar-refractivity contribution < 1.29 is 13.2 Å². The van der Waals surface area contributed by atoms with Gasteiger partial charge in [0.25, 0.3) is 0 Å². The summed E-state index contributed by atoms with van der Waals surface area (Å²) in [5, 5.41) is 10.7. The molecule has 2 aliphatic rings. The van der Waals surface area contributed by atoms with E-state index < -0.39 is 10.0 Å². The number of hydrogen-bond acceptors (Lipinski definition) is 4. The molecule has 0 unspecified atom stereocenters. The van der Waals surface area contributed by atoms with Gasteiger partial charge < -0.3 is 5.32 Å². The van der Waals surface area contributed by atoms with Gasteiger partial charge in [0, 0.05) is 17.0 Å². The van der Waals surface area contributed by atoms with Crippen molar-refractivity contribution >= 4 is 38.3 Å². The van der Waals surface area contributed by atoms with Crippen molar-refractivity contribution in [1.29, 1.82) is 0 Å². The Kier molecular flexibility index (Phi) is 4.31. The van der Waals surface area contributed by atoms with Crippen LogP contribution in [0.4, 0.5) is 11.5 Å². The molecule has 5 rings (SSSR count). The number of aromatic nitrogens is 2. The molecule has 1 amide bonds. The maximum atomic E-state index is 12.2. The molecule has 1 heterocycles. The zero-order valence-corrected chi connectivity index (χ0v) is 16.6. The Morgan fingerprint density at radius 2 is 1.83 bits per heavy atom. The zero-order valence-electron chi connectivity index (χ0n) is 15.8. The fourth-order valence-electron chi connectivity index (χ4n) is 3.57. The van der Waals surface area contributed by atoms with Gasteiger partial charge in [-0.3, -0.25) is 14.6 Å². The van der Waals surface area contributed by atoms with Gasteiger partial charge in [-0.2, -0.15) is 5.10 Å². The number of rotatable bonds is 6. The number of sulfonamides is 1. The number of carbonyl (C=O) groups excluding carboxylic acids is 1. The third-order valence-corrected chi connectivity index (χ3v) is 7.57. The number of hydrogen-bond donors (Lipinski definition) is 3. The molecule has 2 aliphatic carbocycles. The smallest absolute Gasteiger partial charge is 0.235 e. The van der Waals surface area contributed by atoms with Crippen LogP contribution < -0.4 is 10.0 Å². The third kappa shape index (κ3) is 3.60. The molecule has 2 saturated carbocycles. The van der Waals surface area contributed by atoms with E-state index in [0.29, 0.717) is 11.5 Å². The van der Waals surface area contributed by atoms with Crippen LogP contribution in [-0.4, -0.2) is 29.8 Å². The molecule has 0 atom stereocenters. The van der Waals surface area contributed by atoms with Gasteiger partial charge in [0.2, 0.25) is 15.9 Å². The highest BCUT2D eigenvalue weighted by Crippen LogP contribution is 2.33. The molecule has 29 heavy (non-hydrogen) atoms. The van der Waals surface area contributed by atoms with Gasteiger partial charge >= 0.3 is 0 Å². The fourth-order valence-corrected chi connectivity index (χ4v) is 4.95. The molecule has 150 valence electrons. The average molecular weight is 410 g/mol. The lowest BCUT2D eigenvalue weighted by Crippen LogP contribution is -2.28. The molecule has 1 aromatic heterocycles. The van der Waals surface area contributed by atoms with Crippen molar-refractivity contribution in [3.05, 3.63) is 42.5 Å². The summed E-state index contributed by atoms with van der Waals surface area (Å²) in [5.74, 6) is 0.682. The molecule has 7 nitrogen and oxygen atoms in total. The maximum Gasteiger partial charge on any atom is 0.235 e. The van der Waals surface area contributed by atoms with Gasteiger partial charge in [-0.15, -0.1) is 0 Å². The normalized spacial score (nSPS) is 17.1. The van der Waals surface area contributed by atoms with Gasteiger partial charge in [0.1, 0.15) is 0 Å². The summed E-state index contributed by atoms with van der Waals surface area (Å²) >= 11 is 0. The van der Waals surface area contributed by atoms with Gasteiger partial charge in [-0.05, 0) is 61.1 Å². The Hall–Kier alpha value is -2.87. The predicted octanol–water partition coefficient (Wildman–Crippen LogP) is 3.87. The third-order valence-electron chi connectivity index (χ3n) is 5.70. The first kappa shape index (κ1) is 18.2. The van der Waals surface area contributed by atoms with Crippen molar-refractivity contribution in [3.8, 4) is 11.1 Å². The van der Waals surface area contributed by atoms with Crippen LogP contribution in [0.25, 0.3) is 22.0 Å². The molecule has 2 fully saturated rings. The maximum absolute atomic E-state index is 12.2. The van der Waals surface area contributed by atoms with Crippen LogP contribution in [0.3, 0.4) is 0 Å². The number of nitrogens with one attached hydrogen (secondary N) is 3. The van der Waals surface area contributed by atoms with E-state index in [0.717, 1.165) is 54.1 Å². The number of carbonyl (C=O) groups is 1. The molecule has 8 heteroatoms. The van der Waals surface area contributed by atoms with E-state index in [4.69, 9.17) is 0 Å². The van der Waals surface area contributed by atoms with Crippen LogP contribution in [0.2, 0.25) is 0 Å². The van der Waals surface area contributed by atoms with Crippen LogP contribution in [-0.2, 0) is 14.8 Å². The van der Waals surface area contributed by atoms with E-state index in [1.807, 2.05) is 36.4 Å². The highest BCUT2D eigenvalue weighted by molar-refractivity contribution is 7.93. The number of amides is 1. The standard InChI is InChI=1S/C21H22N4O3S/c26-21(13-3-1-4-13)22-20-18-10-7-15(12-19(18)23-24-20)14-5-2-6-16(11-14)25-29(27,28)17-8-9-17/h2,5-7,10-13,17,25H,1,3-4,8-9H2,(H2,22,23,24,26). The minimum atomic E-state index is -3.29. The quantitative estimate of drug-likeness (QED) is 0.574. The summed E-state index contributed by atoms with van der Waals surface area (Å²) in [5.41, 5.74) is 3.21. The molecule has 2 aromatic carbocycles. The minimum Gasteiger partial charge on any atom is -0.308 e. The number of benzene rings is 2. The van der Waals surface area contributed by atoms with Crippen molar-refractivity contribution in [2.24, 2.45) is 5.92 Å². The minimum absolute atomic E-state index is 0.0318. The van der Waals surface area contributed by atoms with E-state index in [2.05, 4.69) is 20.2 Å². The second-order valence-corrected chi connectivity index (χ2v) is 9.84. The van der Waals surface area contributed by atoms with Crippen LogP contribution >= 0.6 is 0 Å². The SMILES string of the molecule is O=C(Nc1n[nH]c2cc(-c3cccc(NS(=O)(=O)C4CC4)c3)ccc12)C1CCC1. The Bertz CT molecular complexity index is 1190. The van der Waals surface area contributed by atoms with Gasteiger partial charge in [-0.1, -0.05) is 24.6 Å². The number of anilines is 2. The second-order valence-electron chi connectivity index (χ2n) is 7.88. The lowest BCUT2D eigenvalue weighted by atomic mass is 9.85. The summed E-state index contributed by atoms with van der Waals surface area (Å²) < 4.78 is 27.1. The Balaban J connectivity index is 1.39. The van der Waals surface area contributed by atoms with E-state index in [1.54, 1.807) is 6.07 Å². The average Bonchev–Trinajstić information content (AvgIpc) is 3.44. The van der Waals surface area contributed by atoms with Crippen LogP contribution in [0.1, 0.15) is 32.1 Å². The summed E-state index contributed by atoms with van der Waals surface area (Å²) in [7, 11) is -3.29. The van der Waals surface area contributed by atoms with Crippen LogP contribution in [0, 0.1) is 5.92 Å². The molecule has 0 radical (unpaired) electrons. The van der Waals surface area contributed by atoms with Gasteiger partial charge in [0.15, 0.2) is 5.82 Å². The molecule has 0 bridgehead atoms. The summed E-state index contributed by atoms with van der Waals surface area (Å²) in [6.45, 7) is 0. The highest BCUT2D eigenvalue weighted by Gasteiger charge is 2.35. The fraction of sp³-hybridized carbons (Fsp3) is 0.333. The summed E-state index contributed by atoms with van der Waals surface area (Å²) in [6, 6.07) is 13.2. The Morgan fingerprint density at radius 1 is 1.03 bits per heavy atom. The van der Waals surface area contributed by atoms with Crippen LogP contribution in [0.15, 0.2) is 42.5 Å². The summed E-state index contributed by atoms with van der Waals surface area (Å²) in [4.78, 5) is 12.2. The number of fused-ring (bicyclic) bond motifs is 1. The first-order chi connectivity index (χ1) is 14.0.